The fourth-order valence-corrected chi connectivity index (χ4v) is 2.68. The van der Waals surface area contributed by atoms with Gasteiger partial charge >= 0.3 is 0 Å². The van der Waals surface area contributed by atoms with E-state index in [0.29, 0.717) is 25.9 Å². The van der Waals surface area contributed by atoms with E-state index in [9.17, 15) is 9.18 Å². The van der Waals surface area contributed by atoms with Gasteiger partial charge in [0.25, 0.3) is 5.91 Å². The first kappa shape index (κ1) is 15.6. The number of carbonyl (C=O) groups excluding carboxylic acids is 1. The van der Waals surface area contributed by atoms with Crippen molar-refractivity contribution in [3.05, 3.63) is 34.6 Å². The van der Waals surface area contributed by atoms with Gasteiger partial charge in [0.2, 0.25) is 0 Å². The minimum Gasteiger partial charge on any atom is -0.409 e. The number of amides is 1. The van der Waals surface area contributed by atoms with Gasteiger partial charge in [-0.3, -0.25) is 4.79 Å². The van der Waals surface area contributed by atoms with Gasteiger partial charge in [-0.1, -0.05) is 29.7 Å². The van der Waals surface area contributed by atoms with Crippen molar-refractivity contribution in [3.8, 4) is 0 Å². The molecule has 2 rings (SSSR count). The zero-order valence-electron chi connectivity index (χ0n) is 11.6. The van der Waals surface area contributed by atoms with Crippen molar-refractivity contribution in [3.63, 3.8) is 0 Å². The van der Waals surface area contributed by atoms with E-state index < -0.39 is 17.1 Å². The van der Waals surface area contributed by atoms with Crippen molar-refractivity contribution in [2.24, 2.45) is 16.3 Å². The monoisotopic (exact) mass is 313 g/mol. The lowest BCUT2D eigenvalue weighted by Crippen LogP contribution is -2.47. The fourth-order valence-electron chi connectivity index (χ4n) is 2.44. The predicted molar refractivity (Wildman–Crippen MR) is 78.1 cm³/mol. The number of hydrogen-bond acceptors (Lipinski definition) is 3. The number of carbonyl (C=O) groups is 1. The quantitative estimate of drug-likeness (QED) is 0.381. The second kappa shape index (κ2) is 5.89. The molecule has 0 radical (unpaired) electrons. The van der Waals surface area contributed by atoms with Crippen molar-refractivity contribution >= 4 is 23.3 Å². The van der Waals surface area contributed by atoms with E-state index in [1.807, 2.05) is 6.92 Å². The summed E-state index contributed by atoms with van der Waals surface area (Å²) in [5.41, 5.74) is 5.12. The van der Waals surface area contributed by atoms with Crippen molar-refractivity contribution in [1.29, 1.82) is 0 Å². The maximum absolute atomic E-state index is 13.8. The Kier molecular flexibility index (Phi) is 4.37. The predicted octanol–water partition coefficient (Wildman–Crippen LogP) is 2.47. The van der Waals surface area contributed by atoms with Gasteiger partial charge in [0.1, 0.15) is 11.7 Å². The van der Waals surface area contributed by atoms with Crippen LogP contribution in [0.5, 0.6) is 0 Å². The second-order valence-corrected chi connectivity index (χ2v) is 5.84. The molecule has 1 aliphatic rings. The molecule has 0 unspecified atom stereocenters. The van der Waals surface area contributed by atoms with Gasteiger partial charge < -0.3 is 15.8 Å². The summed E-state index contributed by atoms with van der Waals surface area (Å²) in [6.07, 6.45) is 1.08. The van der Waals surface area contributed by atoms with Crippen LogP contribution in [0, 0.1) is 11.2 Å². The molecule has 0 aliphatic carbocycles. The molecular formula is C14H17ClFN3O2. The Morgan fingerprint density at radius 3 is 2.62 bits per heavy atom. The summed E-state index contributed by atoms with van der Waals surface area (Å²) in [7, 11) is 0. The van der Waals surface area contributed by atoms with Crippen LogP contribution in [0.25, 0.3) is 0 Å². The normalized spacial score (nSPS) is 18.6. The van der Waals surface area contributed by atoms with Crippen molar-refractivity contribution < 1.29 is 14.4 Å². The molecule has 1 saturated heterocycles. The van der Waals surface area contributed by atoms with E-state index in [2.05, 4.69) is 5.16 Å². The summed E-state index contributed by atoms with van der Waals surface area (Å²) in [6.45, 7) is 2.67. The van der Waals surface area contributed by atoms with Crippen molar-refractivity contribution in [2.75, 3.05) is 13.1 Å². The summed E-state index contributed by atoms with van der Waals surface area (Å²) < 4.78 is 13.8. The lowest BCUT2D eigenvalue weighted by atomic mass is 9.79. The maximum atomic E-state index is 13.8. The van der Waals surface area contributed by atoms with Crippen LogP contribution in [0.3, 0.4) is 0 Å². The zero-order valence-corrected chi connectivity index (χ0v) is 12.4. The lowest BCUT2D eigenvalue weighted by molar-refractivity contribution is 0.0662. The highest BCUT2D eigenvalue weighted by molar-refractivity contribution is 6.33. The molecule has 1 aliphatic heterocycles. The molecule has 1 amide bonds. The fraction of sp³-hybridized carbons (Fsp3) is 0.429. The molecule has 0 aromatic heterocycles. The van der Waals surface area contributed by atoms with Gasteiger partial charge in [-0.05, 0) is 25.0 Å². The van der Waals surface area contributed by atoms with Crippen molar-refractivity contribution in [1.82, 2.24) is 4.90 Å². The van der Waals surface area contributed by atoms with Crippen LogP contribution >= 0.6 is 11.6 Å². The van der Waals surface area contributed by atoms with Crippen molar-refractivity contribution in [2.45, 2.75) is 19.8 Å². The van der Waals surface area contributed by atoms with Crippen LogP contribution in [0.4, 0.5) is 4.39 Å². The van der Waals surface area contributed by atoms with Gasteiger partial charge in [-0.25, -0.2) is 4.39 Å². The van der Waals surface area contributed by atoms with Gasteiger partial charge in [0, 0.05) is 18.5 Å². The number of nitrogens with zero attached hydrogens (tertiary/aromatic N) is 2. The zero-order chi connectivity index (χ0) is 15.6. The average molecular weight is 314 g/mol. The first-order valence-corrected chi connectivity index (χ1v) is 6.98. The molecule has 21 heavy (non-hydrogen) atoms. The van der Waals surface area contributed by atoms with E-state index in [-0.39, 0.29) is 16.4 Å². The number of halogens is 2. The van der Waals surface area contributed by atoms with E-state index in [4.69, 9.17) is 22.5 Å². The van der Waals surface area contributed by atoms with Crippen LogP contribution in [0.1, 0.15) is 30.1 Å². The number of amidine groups is 1. The Labute approximate surface area is 127 Å². The molecule has 7 heteroatoms. The second-order valence-electron chi connectivity index (χ2n) is 5.43. The van der Waals surface area contributed by atoms with E-state index in [1.54, 1.807) is 0 Å². The molecule has 1 aromatic carbocycles. The Morgan fingerprint density at radius 2 is 2.10 bits per heavy atom. The molecule has 0 saturated carbocycles. The van der Waals surface area contributed by atoms with E-state index in [1.165, 1.54) is 23.1 Å². The van der Waals surface area contributed by atoms with Crippen LogP contribution in [-0.2, 0) is 0 Å². The molecule has 1 aromatic rings. The molecule has 3 N–H and O–H groups in total. The lowest BCUT2D eigenvalue weighted by Gasteiger charge is -2.38. The summed E-state index contributed by atoms with van der Waals surface area (Å²) in [5, 5.41) is 11.9. The summed E-state index contributed by atoms with van der Waals surface area (Å²) >= 11 is 5.91. The van der Waals surface area contributed by atoms with Crippen LogP contribution in [0.2, 0.25) is 5.02 Å². The number of rotatable bonds is 2. The van der Waals surface area contributed by atoms with E-state index in [0.717, 1.165) is 0 Å². The molecule has 0 spiro atoms. The third-order valence-corrected chi connectivity index (χ3v) is 4.37. The van der Waals surface area contributed by atoms with Crippen LogP contribution in [0.15, 0.2) is 23.4 Å². The van der Waals surface area contributed by atoms with Gasteiger partial charge in [0.15, 0.2) is 0 Å². The number of likely N-dealkylation sites (tertiary alicyclic amines) is 1. The SMILES string of the molecule is CC1(/C(N)=N/O)CCN(C(=O)c2c(F)cccc2Cl)CC1. The first-order chi connectivity index (χ1) is 9.89. The van der Waals surface area contributed by atoms with Crippen LogP contribution in [-0.4, -0.2) is 34.9 Å². The number of hydrogen-bond donors (Lipinski definition) is 2. The summed E-state index contributed by atoms with van der Waals surface area (Å²) in [6, 6.07) is 4.16. The third-order valence-electron chi connectivity index (χ3n) is 4.06. The summed E-state index contributed by atoms with van der Waals surface area (Å²) in [5.74, 6) is -0.907. The van der Waals surface area contributed by atoms with Gasteiger partial charge in [-0.2, -0.15) is 0 Å². The van der Waals surface area contributed by atoms with Gasteiger partial charge in [0.05, 0.1) is 10.6 Å². The highest BCUT2D eigenvalue weighted by Crippen LogP contribution is 2.32. The highest BCUT2D eigenvalue weighted by atomic mass is 35.5. The number of oxime groups is 1. The molecule has 0 bridgehead atoms. The standard InChI is InChI=1S/C14H17ClFN3O2/c1-14(13(17)18-21)5-7-19(8-6-14)12(20)11-9(15)3-2-4-10(11)16/h2-4,21H,5-8H2,1H3,(H2,17,18). The number of piperidine rings is 1. The minimum atomic E-state index is -0.628. The Bertz CT molecular complexity index is 563. The smallest absolute Gasteiger partial charge is 0.258 e. The van der Waals surface area contributed by atoms with Crippen LogP contribution < -0.4 is 5.73 Å². The molecule has 0 atom stereocenters. The topological polar surface area (TPSA) is 78.9 Å². The Hall–Kier alpha value is -1.82. The number of benzene rings is 1. The molecule has 114 valence electrons. The molecule has 5 nitrogen and oxygen atoms in total. The minimum absolute atomic E-state index is 0.102. The molecule has 1 fully saturated rings. The Balaban J connectivity index is 2.14. The van der Waals surface area contributed by atoms with Gasteiger partial charge in [-0.15, -0.1) is 0 Å². The number of nitrogens with two attached hydrogens (primary N) is 1. The Morgan fingerprint density at radius 1 is 1.48 bits per heavy atom. The maximum Gasteiger partial charge on any atom is 0.258 e. The van der Waals surface area contributed by atoms with E-state index >= 15 is 0 Å². The highest BCUT2D eigenvalue weighted by Gasteiger charge is 2.36. The molecule has 1 heterocycles. The third kappa shape index (κ3) is 2.95. The largest absolute Gasteiger partial charge is 0.409 e. The first-order valence-electron chi connectivity index (χ1n) is 6.60. The summed E-state index contributed by atoms with van der Waals surface area (Å²) in [4.78, 5) is 13.9. The average Bonchev–Trinajstić information content (AvgIpc) is 2.46. The molecular weight excluding hydrogens is 297 g/mol.